The molecule has 0 aliphatic carbocycles. The van der Waals surface area contributed by atoms with Crippen molar-refractivity contribution < 1.29 is 23.1 Å². The fourth-order valence-electron chi connectivity index (χ4n) is 2.79. The molecule has 0 spiro atoms. The lowest BCUT2D eigenvalue weighted by Gasteiger charge is -2.29. The van der Waals surface area contributed by atoms with Crippen LogP contribution in [0.15, 0.2) is 0 Å². The molecule has 20 heavy (non-hydrogen) atoms. The van der Waals surface area contributed by atoms with Crippen LogP contribution >= 0.6 is 0 Å². The van der Waals surface area contributed by atoms with Gasteiger partial charge in [-0.2, -0.15) is 0 Å². The highest BCUT2D eigenvalue weighted by Gasteiger charge is 2.41. The third-order valence-electron chi connectivity index (χ3n) is 3.67. The molecule has 0 aromatic carbocycles. The van der Waals surface area contributed by atoms with Gasteiger partial charge in [0.2, 0.25) is 0 Å². The van der Waals surface area contributed by atoms with Crippen LogP contribution in [0.4, 0.5) is 4.79 Å². The fraction of sp³-hybridized carbons (Fsp3) is 0.923. The number of hydrogen-bond acceptors (Lipinski definition) is 5. The molecule has 2 aliphatic rings. The number of sulfone groups is 1. The molecule has 2 heterocycles. The summed E-state index contributed by atoms with van der Waals surface area (Å²) in [6, 6.07) is 0. The molecule has 7 heteroatoms. The molecule has 6 nitrogen and oxygen atoms in total. The maximum atomic E-state index is 11.9. The van der Waals surface area contributed by atoms with E-state index >= 15 is 0 Å². The second-order valence-electron chi connectivity index (χ2n) is 6.89. The highest BCUT2D eigenvalue weighted by atomic mass is 32.2. The SMILES string of the molecule is CC(C)(C)OC(=O)N1C[C@@H](CC2CS(=O)(=O)C2)[C@H](O)C1. The molecule has 0 aromatic heterocycles. The van der Waals surface area contributed by atoms with Crippen LogP contribution in [0.2, 0.25) is 0 Å². The molecule has 2 atom stereocenters. The summed E-state index contributed by atoms with van der Waals surface area (Å²) in [6.07, 6.45) is -0.356. The zero-order valence-electron chi connectivity index (χ0n) is 12.2. The highest BCUT2D eigenvalue weighted by molar-refractivity contribution is 7.92. The summed E-state index contributed by atoms with van der Waals surface area (Å²) in [5.41, 5.74) is -0.553. The van der Waals surface area contributed by atoms with E-state index in [-0.39, 0.29) is 29.9 Å². The van der Waals surface area contributed by atoms with E-state index in [1.807, 2.05) is 0 Å². The number of nitrogens with zero attached hydrogens (tertiary/aromatic N) is 1. The maximum absolute atomic E-state index is 11.9. The molecule has 0 bridgehead atoms. The first kappa shape index (κ1) is 15.6. The van der Waals surface area contributed by atoms with Crippen LogP contribution < -0.4 is 0 Å². The van der Waals surface area contributed by atoms with Crippen LogP contribution in [0.1, 0.15) is 27.2 Å². The number of β-amino-alcohol motifs (C(OH)–C–C–N with tert-alkyl or cyclic N) is 1. The Morgan fingerprint density at radius 3 is 2.40 bits per heavy atom. The Morgan fingerprint density at radius 1 is 1.30 bits per heavy atom. The Kier molecular flexibility index (Phi) is 4.03. The normalized spacial score (nSPS) is 30.1. The number of amides is 1. The Labute approximate surface area is 120 Å². The van der Waals surface area contributed by atoms with E-state index in [0.29, 0.717) is 13.0 Å². The van der Waals surface area contributed by atoms with Crippen LogP contribution in [-0.2, 0) is 14.6 Å². The van der Waals surface area contributed by atoms with Gasteiger partial charge in [0.05, 0.1) is 24.2 Å². The van der Waals surface area contributed by atoms with Gasteiger partial charge in [-0.1, -0.05) is 0 Å². The first-order chi connectivity index (χ1) is 9.06. The summed E-state index contributed by atoms with van der Waals surface area (Å²) in [4.78, 5) is 13.4. The van der Waals surface area contributed by atoms with Crippen LogP contribution in [0.3, 0.4) is 0 Å². The minimum atomic E-state index is -2.83. The number of ether oxygens (including phenoxy) is 1. The zero-order chi connectivity index (χ0) is 15.1. The van der Waals surface area contributed by atoms with Gasteiger partial charge in [-0.25, -0.2) is 13.2 Å². The van der Waals surface area contributed by atoms with Crippen molar-refractivity contribution in [3.8, 4) is 0 Å². The predicted molar refractivity (Wildman–Crippen MR) is 74.1 cm³/mol. The third-order valence-corrected chi connectivity index (χ3v) is 5.63. The van der Waals surface area contributed by atoms with Gasteiger partial charge in [0.15, 0.2) is 9.84 Å². The van der Waals surface area contributed by atoms with Crippen molar-refractivity contribution in [2.75, 3.05) is 24.6 Å². The number of aliphatic hydroxyl groups is 1. The molecule has 116 valence electrons. The van der Waals surface area contributed by atoms with Crippen LogP contribution in [0.5, 0.6) is 0 Å². The van der Waals surface area contributed by atoms with Gasteiger partial charge in [0, 0.05) is 12.5 Å². The number of aliphatic hydroxyl groups excluding tert-OH is 1. The summed E-state index contributed by atoms with van der Waals surface area (Å²) in [7, 11) is -2.83. The van der Waals surface area contributed by atoms with E-state index in [1.165, 1.54) is 4.90 Å². The van der Waals surface area contributed by atoms with Crippen molar-refractivity contribution in [3.63, 3.8) is 0 Å². The molecule has 2 aliphatic heterocycles. The van der Waals surface area contributed by atoms with Crippen molar-refractivity contribution in [1.29, 1.82) is 0 Å². The molecule has 0 aromatic rings. The summed E-state index contributed by atoms with van der Waals surface area (Å²) in [5.74, 6) is 0.493. The summed E-state index contributed by atoms with van der Waals surface area (Å²) in [6.45, 7) is 6.10. The lowest BCUT2D eigenvalue weighted by Crippen LogP contribution is -2.39. The molecule has 0 unspecified atom stereocenters. The standard InChI is InChI=1S/C13H23NO5S/c1-13(2,3)19-12(16)14-5-10(11(15)6-14)4-9-7-20(17,18)8-9/h9-11,15H,4-8H2,1-3H3/t10-,11-/m1/s1. The Balaban J connectivity index is 1.84. The van der Waals surface area contributed by atoms with Crippen molar-refractivity contribution in [1.82, 2.24) is 4.90 Å². The van der Waals surface area contributed by atoms with E-state index in [2.05, 4.69) is 0 Å². The van der Waals surface area contributed by atoms with E-state index < -0.39 is 27.6 Å². The molecule has 2 fully saturated rings. The molecule has 1 amide bonds. The topological polar surface area (TPSA) is 83.9 Å². The predicted octanol–water partition coefficient (Wildman–Crippen LogP) is 0.649. The van der Waals surface area contributed by atoms with Gasteiger partial charge in [0.1, 0.15) is 5.60 Å². The van der Waals surface area contributed by atoms with Crippen molar-refractivity contribution in [2.24, 2.45) is 11.8 Å². The lowest BCUT2D eigenvalue weighted by atomic mass is 9.94. The second-order valence-corrected chi connectivity index (χ2v) is 9.05. The Bertz CT molecular complexity index is 469. The number of rotatable bonds is 2. The summed E-state index contributed by atoms with van der Waals surface area (Å²) in [5, 5.41) is 10.0. The molecular formula is C13H23NO5S. The fourth-order valence-corrected chi connectivity index (χ4v) is 4.41. The van der Waals surface area contributed by atoms with E-state index in [9.17, 15) is 18.3 Å². The maximum Gasteiger partial charge on any atom is 0.410 e. The van der Waals surface area contributed by atoms with Crippen molar-refractivity contribution in [3.05, 3.63) is 0 Å². The number of carbonyl (C=O) groups excluding carboxylic acids is 1. The average Bonchev–Trinajstić information content (AvgIpc) is 2.55. The largest absolute Gasteiger partial charge is 0.444 e. The van der Waals surface area contributed by atoms with Gasteiger partial charge >= 0.3 is 6.09 Å². The number of hydrogen-bond donors (Lipinski definition) is 1. The van der Waals surface area contributed by atoms with Crippen molar-refractivity contribution >= 4 is 15.9 Å². The number of likely N-dealkylation sites (tertiary alicyclic amines) is 1. The summed E-state index contributed by atoms with van der Waals surface area (Å²) >= 11 is 0. The zero-order valence-corrected chi connectivity index (χ0v) is 13.0. The number of carbonyl (C=O) groups is 1. The van der Waals surface area contributed by atoms with Gasteiger partial charge < -0.3 is 14.7 Å². The van der Waals surface area contributed by atoms with Gasteiger partial charge in [-0.05, 0) is 33.1 Å². The quantitative estimate of drug-likeness (QED) is 0.810. The molecular weight excluding hydrogens is 282 g/mol. The third kappa shape index (κ3) is 3.85. The first-order valence-electron chi connectivity index (χ1n) is 6.92. The van der Waals surface area contributed by atoms with Gasteiger partial charge in [-0.15, -0.1) is 0 Å². The monoisotopic (exact) mass is 305 g/mol. The second kappa shape index (κ2) is 5.18. The van der Waals surface area contributed by atoms with Crippen LogP contribution in [0.25, 0.3) is 0 Å². The van der Waals surface area contributed by atoms with Crippen LogP contribution in [-0.4, -0.2) is 60.8 Å². The minimum absolute atomic E-state index is 0.0528. The molecule has 0 saturated carbocycles. The molecule has 0 radical (unpaired) electrons. The lowest BCUT2D eigenvalue weighted by molar-refractivity contribution is 0.0269. The molecule has 2 rings (SSSR count). The van der Waals surface area contributed by atoms with Crippen molar-refractivity contribution in [2.45, 2.75) is 38.9 Å². The highest BCUT2D eigenvalue weighted by Crippen LogP contribution is 2.30. The van der Waals surface area contributed by atoms with Gasteiger partial charge in [-0.3, -0.25) is 0 Å². The minimum Gasteiger partial charge on any atom is -0.444 e. The van der Waals surface area contributed by atoms with Crippen LogP contribution in [0, 0.1) is 11.8 Å². The average molecular weight is 305 g/mol. The Morgan fingerprint density at radius 2 is 1.90 bits per heavy atom. The smallest absolute Gasteiger partial charge is 0.410 e. The van der Waals surface area contributed by atoms with E-state index in [4.69, 9.17) is 4.74 Å². The Hall–Kier alpha value is -0.820. The summed E-state index contributed by atoms with van der Waals surface area (Å²) < 4.78 is 27.5. The van der Waals surface area contributed by atoms with E-state index in [0.717, 1.165) is 0 Å². The van der Waals surface area contributed by atoms with E-state index in [1.54, 1.807) is 20.8 Å². The molecule has 2 saturated heterocycles. The van der Waals surface area contributed by atoms with Gasteiger partial charge in [0.25, 0.3) is 0 Å². The first-order valence-corrected chi connectivity index (χ1v) is 8.74. The molecule has 1 N–H and O–H groups in total.